The summed E-state index contributed by atoms with van der Waals surface area (Å²) in [5.74, 6) is 0.142. The quantitative estimate of drug-likeness (QED) is 0.759. The van der Waals surface area contributed by atoms with Gasteiger partial charge in [-0.25, -0.2) is 8.42 Å². The third-order valence-electron chi connectivity index (χ3n) is 4.40. The summed E-state index contributed by atoms with van der Waals surface area (Å²) in [6, 6.07) is 0. The van der Waals surface area contributed by atoms with Gasteiger partial charge >= 0.3 is 0 Å². The lowest BCUT2D eigenvalue weighted by Crippen LogP contribution is -2.40. The highest BCUT2D eigenvalue weighted by Crippen LogP contribution is 2.37. The summed E-state index contributed by atoms with van der Waals surface area (Å²) in [6.07, 6.45) is 8.72. The maximum absolute atomic E-state index is 11.6. The number of unbranched alkanes of at least 4 members (excludes halogenated alkanes) is 2. The SMILES string of the molecule is CCCCCC(C)(O)C1CCCC(S(C)(=O)=O)C1. The van der Waals surface area contributed by atoms with Crippen LogP contribution in [0.25, 0.3) is 0 Å². The van der Waals surface area contributed by atoms with E-state index in [1.807, 2.05) is 6.92 Å². The molecule has 1 rings (SSSR count). The Balaban J connectivity index is 2.59. The summed E-state index contributed by atoms with van der Waals surface area (Å²) in [7, 11) is -2.96. The number of hydrogen-bond acceptors (Lipinski definition) is 3. The van der Waals surface area contributed by atoms with Crippen LogP contribution < -0.4 is 0 Å². The van der Waals surface area contributed by atoms with E-state index in [4.69, 9.17) is 0 Å². The smallest absolute Gasteiger partial charge is 0.150 e. The van der Waals surface area contributed by atoms with Gasteiger partial charge in [-0.3, -0.25) is 0 Å². The fourth-order valence-electron chi connectivity index (χ4n) is 3.04. The fraction of sp³-hybridized carbons (Fsp3) is 1.00. The summed E-state index contributed by atoms with van der Waals surface area (Å²) in [6.45, 7) is 4.03. The first-order valence-electron chi connectivity index (χ1n) is 7.18. The minimum absolute atomic E-state index is 0.142. The van der Waals surface area contributed by atoms with Crippen molar-refractivity contribution in [1.29, 1.82) is 0 Å². The van der Waals surface area contributed by atoms with Crippen molar-refractivity contribution in [2.75, 3.05) is 6.26 Å². The molecule has 3 atom stereocenters. The van der Waals surface area contributed by atoms with E-state index in [1.165, 1.54) is 6.26 Å². The van der Waals surface area contributed by atoms with Gasteiger partial charge in [0.25, 0.3) is 0 Å². The maximum atomic E-state index is 11.6. The topological polar surface area (TPSA) is 54.4 Å². The monoisotopic (exact) mass is 276 g/mol. The van der Waals surface area contributed by atoms with E-state index in [-0.39, 0.29) is 11.2 Å². The number of aliphatic hydroxyl groups is 1. The van der Waals surface area contributed by atoms with Crippen LogP contribution in [0.4, 0.5) is 0 Å². The molecule has 0 radical (unpaired) electrons. The normalized spacial score (nSPS) is 28.9. The van der Waals surface area contributed by atoms with Gasteiger partial charge in [-0.05, 0) is 38.5 Å². The van der Waals surface area contributed by atoms with Crippen LogP contribution in [0.2, 0.25) is 0 Å². The van der Waals surface area contributed by atoms with Crippen LogP contribution in [0.15, 0.2) is 0 Å². The van der Waals surface area contributed by atoms with Crippen LogP contribution in [-0.4, -0.2) is 30.6 Å². The molecule has 0 aromatic heterocycles. The first-order valence-corrected chi connectivity index (χ1v) is 9.14. The average Bonchev–Trinajstić information content (AvgIpc) is 2.28. The summed E-state index contributed by atoms with van der Waals surface area (Å²) in [4.78, 5) is 0. The van der Waals surface area contributed by atoms with Crippen molar-refractivity contribution in [2.24, 2.45) is 5.92 Å². The second-order valence-corrected chi connectivity index (χ2v) is 8.46. The van der Waals surface area contributed by atoms with Crippen LogP contribution in [0, 0.1) is 5.92 Å². The Morgan fingerprint density at radius 1 is 1.28 bits per heavy atom. The molecule has 1 saturated carbocycles. The van der Waals surface area contributed by atoms with Gasteiger partial charge in [0.05, 0.1) is 10.9 Å². The molecule has 3 unspecified atom stereocenters. The van der Waals surface area contributed by atoms with Crippen molar-refractivity contribution in [3.05, 3.63) is 0 Å². The number of rotatable bonds is 6. The molecule has 0 aromatic rings. The number of sulfone groups is 1. The van der Waals surface area contributed by atoms with Gasteiger partial charge in [0.15, 0.2) is 0 Å². The molecule has 18 heavy (non-hydrogen) atoms. The first kappa shape index (κ1) is 16.0. The van der Waals surface area contributed by atoms with Crippen LogP contribution in [0.1, 0.15) is 65.2 Å². The lowest BCUT2D eigenvalue weighted by atomic mass is 9.75. The second kappa shape index (κ2) is 6.38. The first-order chi connectivity index (χ1) is 8.27. The van der Waals surface area contributed by atoms with E-state index in [9.17, 15) is 13.5 Å². The van der Waals surface area contributed by atoms with Crippen LogP contribution in [-0.2, 0) is 9.84 Å². The molecule has 1 fully saturated rings. The van der Waals surface area contributed by atoms with Gasteiger partial charge in [0, 0.05) is 6.26 Å². The highest BCUT2D eigenvalue weighted by molar-refractivity contribution is 7.91. The van der Waals surface area contributed by atoms with Crippen molar-refractivity contribution < 1.29 is 13.5 Å². The van der Waals surface area contributed by atoms with Crippen LogP contribution in [0.3, 0.4) is 0 Å². The minimum Gasteiger partial charge on any atom is -0.390 e. The highest BCUT2D eigenvalue weighted by Gasteiger charge is 2.38. The molecule has 1 aliphatic rings. The Labute approximate surface area is 112 Å². The lowest BCUT2D eigenvalue weighted by molar-refractivity contribution is -0.0247. The van der Waals surface area contributed by atoms with E-state index >= 15 is 0 Å². The average molecular weight is 276 g/mol. The fourth-order valence-corrected chi connectivity index (χ4v) is 4.21. The molecule has 3 nitrogen and oxygen atoms in total. The Morgan fingerprint density at radius 3 is 2.50 bits per heavy atom. The van der Waals surface area contributed by atoms with Gasteiger partial charge in [-0.2, -0.15) is 0 Å². The largest absolute Gasteiger partial charge is 0.390 e. The molecular formula is C14H28O3S. The van der Waals surface area contributed by atoms with Gasteiger partial charge in [0.1, 0.15) is 9.84 Å². The van der Waals surface area contributed by atoms with E-state index in [1.54, 1.807) is 0 Å². The van der Waals surface area contributed by atoms with E-state index in [0.29, 0.717) is 6.42 Å². The molecular weight excluding hydrogens is 248 g/mol. The third-order valence-corrected chi connectivity index (χ3v) is 6.04. The molecule has 0 aliphatic heterocycles. The minimum atomic E-state index is -2.96. The van der Waals surface area contributed by atoms with E-state index < -0.39 is 15.4 Å². The van der Waals surface area contributed by atoms with Crippen molar-refractivity contribution in [2.45, 2.75) is 76.1 Å². The van der Waals surface area contributed by atoms with Crippen molar-refractivity contribution in [3.63, 3.8) is 0 Å². The molecule has 0 spiro atoms. The molecule has 4 heteroatoms. The molecule has 0 bridgehead atoms. The van der Waals surface area contributed by atoms with Crippen LogP contribution in [0.5, 0.6) is 0 Å². The van der Waals surface area contributed by atoms with Crippen molar-refractivity contribution in [1.82, 2.24) is 0 Å². The van der Waals surface area contributed by atoms with Gasteiger partial charge in [-0.15, -0.1) is 0 Å². The molecule has 0 heterocycles. The van der Waals surface area contributed by atoms with E-state index in [0.717, 1.165) is 44.9 Å². The van der Waals surface area contributed by atoms with Gasteiger partial charge in [-0.1, -0.05) is 32.6 Å². The Bertz CT molecular complexity index is 346. The maximum Gasteiger partial charge on any atom is 0.150 e. The lowest BCUT2D eigenvalue weighted by Gasteiger charge is -2.38. The predicted octanol–water partition coefficient (Wildman–Crippen LogP) is 2.92. The summed E-state index contributed by atoms with van der Waals surface area (Å²) < 4.78 is 23.3. The Morgan fingerprint density at radius 2 is 1.94 bits per heavy atom. The summed E-state index contributed by atoms with van der Waals surface area (Å²) in [5.41, 5.74) is -0.696. The van der Waals surface area contributed by atoms with E-state index in [2.05, 4.69) is 6.92 Å². The molecule has 1 N–H and O–H groups in total. The van der Waals surface area contributed by atoms with Gasteiger partial charge < -0.3 is 5.11 Å². The van der Waals surface area contributed by atoms with Crippen molar-refractivity contribution >= 4 is 9.84 Å². The second-order valence-electron chi connectivity index (χ2n) is 6.13. The zero-order valence-corrected chi connectivity index (χ0v) is 12.8. The molecule has 1 aliphatic carbocycles. The third kappa shape index (κ3) is 4.54. The standard InChI is InChI=1S/C14H28O3S/c1-4-5-6-10-14(2,15)12-8-7-9-13(11-12)18(3,16)17/h12-13,15H,4-11H2,1-3H3. The molecule has 0 amide bonds. The zero-order valence-electron chi connectivity index (χ0n) is 12.0. The summed E-state index contributed by atoms with van der Waals surface area (Å²) >= 11 is 0. The summed E-state index contributed by atoms with van der Waals surface area (Å²) in [5, 5.41) is 10.3. The number of hydrogen-bond donors (Lipinski definition) is 1. The Hall–Kier alpha value is -0.0900. The van der Waals surface area contributed by atoms with Gasteiger partial charge in [0.2, 0.25) is 0 Å². The zero-order chi connectivity index (χ0) is 13.8. The predicted molar refractivity (Wildman–Crippen MR) is 75.4 cm³/mol. The molecule has 108 valence electrons. The highest BCUT2D eigenvalue weighted by atomic mass is 32.2. The van der Waals surface area contributed by atoms with Crippen LogP contribution >= 0.6 is 0 Å². The molecule has 0 aromatic carbocycles. The van der Waals surface area contributed by atoms with Crippen molar-refractivity contribution in [3.8, 4) is 0 Å². The molecule has 0 saturated heterocycles. The Kier molecular flexibility index (Phi) is 5.66.